The van der Waals surface area contributed by atoms with Crippen LogP contribution in [0, 0.1) is 33.7 Å². The Bertz CT molecular complexity index is 2250. The van der Waals surface area contributed by atoms with Crippen LogP contribution in [-0.2, 0) is 25.8 Å². The Hall–Kier alpha value is -5.59. The van der Waals surface area contributed by atoms with Crippen molar-refractivity contribution < 1.29 is 38.3 Å². The molecule has 2 aliphatic heterocycles. The van der Waals surface area contributed by atoms with E-state index in [2.05, 4.69) is 0 Å². The van der Waals surface area contributed by atoms with Gasteiger partial charge in [0.2, 0.25) is 11.8 Å². The van der Waals surface area contributed by atoms with Crippen LogP contribution in [0.2, 0.25) is 0 Å². The van der Waals surface area contributed by atoms with Gasteiger partial charge in [0.25, 0.3) is 17.5 Å². The highest BCUT2D eigenvalue weighted by molar-refractivity contribution is 6.58. The van der Waals surface area contributed by atoms with Crippen molar-refractivity contribution in [1.29, 1.82) is 0 Å². The van der Waals surface area contributed by atoms with Crippen molar-refractivity contribution in [3.8, 4) is 11.5 Å². The molecule has 2 aliphatic carbocycles. The van der Waals surface area contributed by atoms with E-state index in [-0.39, 0.29) is 47.8 Å². The lowest BCUT2D eigenvalue weighted by Crippen LogP contribution is -2.60. The molecule has 6 unspecified atom stereocenters. The van der Waals surface area contributed by atoms with E-state index < -0.39 is 67.8 Å². The number of nitrogens with zero attached hydrogens (tertiary/aromatic N) is 3. The highest BCUT2D eigenvalue weighted by atomic mass is 35.5. The zero-order valence-corrected chi connectivity index (χ0v) is 29.0. The van der Waals surface area contributed by atoms with Gasteiger partial charge < -0.3 is 9.84 Å². The van der Waals surface area contributed by atoms with Crippen molar-refractivity contribution in [2.24, 2.45) is 17.8 Å². The SMILES string of the molecule is O=C1C2CC=C3C(CC4(Cl)C(=O)N(c5ccc(F)cc5)C(=O)C4(Cl)C3c3ccc(OCc4ccccc4)cc3O)C2C(=O)N1c1ccc([N+](=O)[O-])cc1. The summed E-state index contributed by atoms with van der Waals surface area (Å²) in [5.41, 5.74) is 1.40. The van der Waals surface area contributed by atoms with Crippen LogP contribution in [0.25, 0.3) is 0 Å². The minimum absolute atomic E-state index is 0.0229. The van der Waals surface area contributed by atoms with Gasteiger partial charge in [0.05, 0.1) is 28.1 Å². The summed E-state index contributed by atoms with van der Waals surface area (Å²) >= 11 is 14.8. The first-order valence-corrected chi connectivity index (χ1v) is 17.4. The number of anilines is 2. The van der Waals surface area contributed by atoms with Gasteiger partial charge in [-0.05, 0) is 66.8 Å². The second-order valence-corrected chi connectivity index (χ2v) is 14.8. The lowest BCUT2D eigenvalue weighted by Gasteiger charge is -2.50. The number of allylic oxidation sites excluding steroid dienone is 2. The summed E-state index contributed by atoms with van der Waals surface area (Å²) in [6.07, 6.45) is 1.46. The number of imide groups is 2. The molecule has 1 saturated carbocycles. The molecule has 3 fully saturated rings. The molecule has 0 spiro atoms. The van der Waals surface area contributed by atoms with E-state index in [9.17, 15) is 38.8 Å². The number of non-ortho nitro benzene ring substituents is 1. The number of fused-ring (bicyclic) bond motifs is 4. The molecule has 0 aromatic heterocycles. The lowest BCUT2D eigenvalue weighted by molar-refractivity contribution is -0.384. The summed E-state index contributed by atoms with van der Waals surface area (Å²) in [4.78, 5) is 65.3. The average molecular weight is 757 g/mol. The van der Waals surface area contributed by atoms with Crippen LogP contribution in [0.15, 0.2) is 109 Å². The maximum atomic E-state index is 14.6. The fourth-order valence-corrected chi connectivity index (χ4v) is 9.25. The number of carbonyl (C=O) groups is 4. The highest BCUT2D eigenvalue weighted by Crippen LogP contribution is 2.66. The molecule has 8 rings (SSSR count). The molecular weight excluding hydrogens is 728 g/mol. The number of phenols is 1. The van der Waals surface area contributed by atoms with Crippen LogP contribution in [-0.4, -0.2) is 43.4 Å². The van der Waals surface area contributed by atoms with Crippen LogP contribution in [0.3, 0.4) is 0 Å². The number of nitro benzene ring substituents is 1. The van der Waals surface area contributed by atoms with E-state index in [0.717, 1.165) is 27.5 Å². The first-order chi connectivity index (χ1) is 25.3. The summed E-state index contributed by atoms with van der Waals surface area (Å²) in [5, 5.41) is 22.9. The Labute approximate surface area is 311 Å². The largest absolute Gasteiger partial charge is 0.508 e. The number of rotatable bonds is 7. The van der Waals surface area contributed by atoms with Crippen LogP contribution < -0.4 is 14.5 Å². The molecule has 4 aromatic rings. The van der Waals surface area contributed by atoms with Crippen molar-refractivity contribution in [3.63, 3.8) is 0 Å². The molecule has 268 valence electrons. The van der Waals surface area contributed by atoms with Crippen LogP contribution in [0.1, 0.15) is 29.9 Å². The number of carbonyl (C=O) groups excluding carboxylic acids is 4. The minimum atomic E-state index is -2.25. The van der Waals surface area contributed by atoms with E-state index in [0.29, 0.717) is 11.3 Å². The molecule has 11 nitrogen and oxygen atoms in total. The molecule has 1 N–H and O–H groups in total. The molecule has 0 radical (unpaired) electrons. The molecule has 4 amide bonds. The Kier molecular flexibility index (Phi) is 8.15. The Morgan fingerprint density at radius 3 is 2.17 bits per heavy atom. The number of aromatic hydroxyl groups is 1. The monoisotopic (exact) mass is 755 g/mol. The molecule has 2 heterocycles. The summed E-state index contributed by atoms with van der Waals surface area (Å²) in [5.74, 6) is -7.65. The fraction of sp³-hybridized carbons (Fsp3) is 0.231. The number of nitro groups is 1. The third-order valence-corrected chi connectivity index (χ3v) is 12.2. The zero-order valence-electron chi connectivity index (χ0n) is 27.5. The number of hydrogen-bond acceptors (Lipinski definition) is 8. The van der Waals surface area contributed by atoms with Crippen molar-refractivity contribution in [1.82, 2.24) is 0 Å². The van der Waals surface area contributed by atoms with Crippen molar-refractivity contribution in [3.05, 3.63) is 136 Å². The number of benzene rings is 4. The number of halogens is 3. The van der Waals surface area contributed by atoms with E-state index in [1.807, 2.05) is 30.3 Å². The van der Waals surface area contributed by atoms with Crippen LogP contribution in [0.5, 0.6) is 11.5 Å². The van der Waals surface area contributed by atoms with Gasteiger partial charge in [0.1, 0.15) is 23.9 Å². The van der Waals surface area contributed by atoms with Gasteiger partial charge in [-0.15, -0.1) is 23.2 Å². The molecular formula is C39H28Cl2FN3O8. The van der Waals surface area contributed by atoms with Gasteiger partial charge in [-0.2, -0.15) is 0 Å². The Balaban J connectivity index is 1.23. The van der Waals surface area contributed by atoms with Gasteiger partial charge in [-0.25, -0.2) is 9.29 Å². The lowest BCUT2D eigenvalue weighted by atomic mass is 9.56. The second-order valence-electron chi connectivity index (χ2n) is 13.5. The first kappa shape index (κ1) is 34.5. The molecule has 4 aliphatic rings. The zero-order chi connectivity index (χ0) is 37.4. The van der Waals surface area contributed by atoms with E-state index in [4.69, 9.17) is 27.9 Å². The number of amides is 4. The predicted molar refractivity (Wildman–Crippen MR) is 191 cm³/mol. The van der Waals surface area contributed by atoms with Crippen molar-refractivity contribution >= 4 is 63.9 Å². The van der Waals surface area contributed by atoms with Crippen molar-refractivity contribution in [2.45, 2.75) is 35.1 Å². The van der Waals surface area contributed by atoms with E-state index in [1.165, 1.54) is 48.5 Å². The average Bonchev–Trinajstić information content (AvgIpc) is 3.49. The van der Waals surface area contributed by atoms with E-state index >= 15 is 0 Å². The molecule has 2 saturated heterocycles. The number of alkyl halides is 2. The third kappa shape index (κ3) is 5.14. The van der Waals surface area contributed by atoms with Crippen molar-refractivity contribution in [2.75, 3.05) is 9.80 Å². The summed E-state index contributed by atoms with van der Waals surface area (Å²) in [7, 11) is 0. The third-order valence-electron chi connectivity index (χ3n) is 10.8. The molecule has 14 heteroatoms. The Morgan fingerprint density at radius 2 is 1.51 bits per heavy atom. The minimum Gasteiger partial charge on any atom is -0.508 e. The molecule has 0 bridgehead atoms. The van der Waals surface area contributed by atoms with Gasteiger partial charge in [0.15, 0.2) is 9.75 Å². The van der Waals surface area contributed by atoms with Gasteiger partial charge in [0, 0.05) is 29.7 Å². The molecule has 6 atom stereocenters. The number of ether oxygens (including phenoxy) is 1. The summed E-state index contributed by atoms with van der Waals surface area (Å²) in [6.45, 7) is 0.199. The maximum absolute atomic E-state index is 14.6. The van der Waals surface area contributed by atoms with Gasteiger partial charge in [-0.1, -0.05) is 48.0 Å². The molecule has 4 aromatic carbocycles. The Morgan fingerprint density at radius 1 is 0.849 bits per heavy atom. The predicted octanol–water partition coefficient (Wildman–Crippen LogP) is 6.79. The maximum Gasteiger partial charge on any atom is 0.269 e. The molecule has 53 heavy (non-hydrogen) atoms. The van der Waals surface area contributed by atoms with Crippen LogP contribution >= 0.6 is 23.2 Å². The standard InChI is InChI=1S/C39H28Cl2FN3O8/c40-38-19-30-27(16-17-29-32(30)35(48)43(34(29)47)23-10-12-25(13-11-23)45(51)52)33(28-15-14-26(18-31(28)46)53-20-21-4-2-1-3-5-21)39(38,41)37(50)44(36(38)49)24-8-6-22(42)7-9-24/h1-16,18,29-30,32-33,46H,17,19-20H2. The topological polar surface area (TPSA) is 147 Å². The second kappa shape index (κ2) is 12.5. The van der Waals surface area contributed by atoms with Gasteiger partial charge in [-0.3, -0.25) is 34.2 Å². The van der Waals surface area contributed by atoms with Gasteiger partial charge >= 0.3 is 0 Å². The summed E-state index contributed by atoms with van der Waals surface area (Å²) < 4.78 is 19.9. The fourth-order valence-electron chi connectivity index (χ4n) is 8.32. The van der Waals surface area contributed by atoms with Crippen LogP contribution in [0.4, 0.5) is 21.5 Å². The highest BCUT2D eigenvalue weighted by Gasteiger charge is 2.77. The van der Waals surface area contributed by atoms with E-state index in [1.54, 1.807) is 12.1 Å². The smallest absolute Gasteiger partial charge is 0.269 e. The number of hydrogen-bond donors (Lipinski definition) is 1. The normalized spacial score (nSPS) is 27.6. The first-order valence-electron chi connectivity index (χ1n) is 16.7. The summed E-state index contributed by atoms with van der Waals surface area (Å²) in [6, 6.07) is 23.5. The quantitative estimate of drug-likeness (QED) is 0.0714. The number of phenolic OH excluding ortho intramolecular Hbond substituents is 1.